The summed E-state index contributed by atoms with van der Waals surface area (Å²) < 4.78 is 13.0. The van der Waals surface area contributed by atoms with Crippen molar-refractivity contribution < 1.29 is 4.39 Å². The molecule has 134 valence electrons. The van der Waals surface area contributed by atoms with E-state index in [1.807, 2.05) is 0 Å². The highest BCUT2D eigenvalue weighted by molar-refractivity contribution is 7.15. The number of halogens is 1. The minimum absolute atomic E-state index is 0.209. The van der Waals surface area contributed by atoms with Gasteiger partial charge < -0.3 is 9.80 Å². The fraction of sp³-hybridized carbons (Fsp3) is 0.300. The van der Waals surface area contributed by atoms with E-state index in [9.17, 15) is 4.39 Å². The third-order valence-corrected chi connectivity index (χ3v) is 5.60. The van der Waals surface area contributed by atoms with Crippen molar-refractivity contribution in [1.29, 1.82) is 0 Å². The zero-order valence-electron chi connectivity index (χ0n) is 14.5. The summed E-state index contributed by atoms with van der Waals surface area (Å²) in [5.41, 5.74) is 2.34. The number of rotatable bonds is 4. The Labute approximate surface area is 156 Å². The van der Waals surface area contributed by atoms with Gasteiger partial charge in [-0.25, -0.2) is 4.39 Å². The molecular formula is C20H21FN4S. The minimum Gasteiger partial charge on any atom is -0.370 e. The maximum absolute atomic E-state index is 13.0. The molecule has 3 aromatic rings. The molecule has 1 aliphatic heterocycles. The molecule has 1 saturated heterocycles. The minimum atomic E-state index is -0.209. The molecule has 0 unspecified atom stereocenters. The van der Waals surface area contributed by atoms with Crippen molar-refractivity contribution in [2.24, 2.45) is 0 Å². The molecule has 2 aromatic carbocycles. The quantitative estimate of drug-likeness (QED) is 0.697. The van der Waals surface area contributed by atoms with Crippen molar-refractivity contribution in [2.75, 3.05) is 36.0 Å². The highest BCUT2D eigenvalue weighted by atomic mass is 32.1. The standard InChI is InChI=1S/C20H21FN4S/c21-17-9-7-16(8-10-17)15-19-22-23-20(26-19)25-12-4-11-24(13-14-25)18-5-2-1-3-6-18/h1-3,5-10H,4,11-15H2. The van der Waals surface area contributed by atoms with Gasteiger partial charge in [0, 0.05) is 38.3 Å². The lowest BCUT2D eigenvalue weighted by Gasteiger charge is -2.23. The van der Waals surface area contributed by atoms with Crippen LogP contribution in [0.5, 0.6) is 0 Å². The van der Waals surface area contributed by atoms with Crippen molar-refractivity contribution in [3.8, 4) is 0 Å². The van der Waals surface area contributed by atoms with E-state index in [0.717, 1.165) is 48.3 Å². The average Bonchev–Trinajstić information content (AvgIpc) is 2.99. The van der Waals surface area contributed by atoms with E-state index in [1.165, 1.54) is 17.8 Å². The van der Waals surface area contributed by atoms with Crippen LogP contribution in [0.25, 0.3) is 0 Å². The molecule has 6 heteroatoms. The fourth-order valence-corrected chi connectivity index (χ4v) is 4.15. The first-order valence-corrected chi connectivity index (χ1v) is 9.71. The Balaban J connectivity index is 1.40. The molecule has 0 amide bonds. The van der Waals surface area contributed by atoms with Crippen LogP contribution in [0.15, 0.2) is 54.6 Å². The molecule has 0 saturated carbocycles. The predicted molar refractivity (Wildman–Crippen MR) is 105 cm³/mol. The van der Waals surface area contributed by atoms with Gasteiger partial charge in [-0.1, -0.05) is 41.7 Å². The van der Waals surface area contributed by atoms with Crippen molar-refractivity contribution >= 4 is 22.2 Å². The van der Waals surface area contributed by atoms with Gasteiger partial charge in [0.05, 0.1) is 0 Å². The summed E-state index contributed by atoms with van der Waals surface area (Å²) in [4.78, 5) is 4.76. The van der Waals surface area contributed by atoms with E-state index in [4.69, 9.17) is 0 Å². The van der Waals surface area contributed by atoms with Gasteiger partial charge in [0.15, 0.2) is 0 Å². The topological polar surface area (TPSA) is 32.3 Å². The van der Waals surface area contributed by atoms with Crippen molar-refractivity contribution in [3.05, 3.63) is 71.0 Å². The summed E-state index contributed by atoms with van der Waals surface area (Å²) >= 11 is 1.64. The number of aromatic nitrogens is 2. The Morgan fingerprint density at radius 2 is 1.58 bits per heavy atom. The van der Waals surface area contributed by atoms with Gasteiger partial charge in [-0.15, -0.1) is 10.2 Å². The Bertz CT molecular complexity index is 835. The van der Waals surface area contributed by atoms with Crippen molar-refractivity contribution in [2.45, 2.75) is 12.8 Å². The first-order chi connectivity index (χ1) is 12.8. The molecule has 26 heavy (non-hydrogen) atoms. The van der Waals surface area contributed by atoms with Crippen LogP contribution in [-0.4, -0.2) is 36.4 Å². The number of hydrogen-bond acceptors (Lipinski definition) is 5. The zero-order valence-corrected chi connectivity index (χ0v) is 15.3. The van der Waals surface area contributed by atoms with E-state index < -0.39 is 0 Å². The van der Waals surface area contributed by atoms with Gasteiger partial charge in [-0.2, -0.15) is 0 Å². The maximum Gasteiger partial charge on any atom is 0.208 e. The third kappa shape index (κ3) is 4.02. The Kier molecular flexibility index (Phi) is 5.11. The second-order valence-electron chi connectivity index (χ2n) is 6.44. The zero-order chi connectivity index (χ0) is 17.8. The summed E-state index contributed by atoms with van der Waals surface area (Å²) in [6.45, 7) is 3.98. The Morgan fingerprint density at radius 3 is 2.38 bits per heavy atom. The third-order valence-electron chi connectivity index (χ3n) is 4.61. The monoisotopic (exact) mass is 368 g/mol. The first kappa shape index (κ1) is 17.0. The molecule has 1 aromatic heterocycles. The van der Waals surface area contributed by atoms with Gasteiger partial charge in [0.1, 0.15) is 10.8 Å². The predicted octanol–water partition coefficient (Wildman–Crippen LogP) is 3.98. The van der Waals surface area contributed by atoms with E-state index in [1.54, 1.807) is 23.5 Å². The summed E-state index contributed by atoms with van der Waals surface area (Å²) in [5, 5.41) is 10.7. The van der Waals surface area contributed by atoms with Crippen LogP contribution in [0, 0.1) is 5.82 Å². The summed E-state index contributed by atoms with van der Waals surface area (Å²) in [6, 6.07) is 17.2. The van der Waals surface area contributed by atoms with Crippen LogP contribution in [0.1, 0.15) is 17.0 Å². The molecular weight excluding hydrogens is 347 g/mol. The van der Waals surface area contributed by atoms with Crippen LogP contribution >= 0.6 is 11.3 Å². The molecule has 0 spiro atoms. The van der Waals surface area contributed by atoms with E-state index in [0.29, 0.717) is 6.42 Å². The molecule has 0 N–H and O–H groups in total. The fourth-order valence-electron chi connectivity index (χ4n) is 3.23. The average molecular weight is 368 g/mol. The number of anilines is 2. The summed E-state index contributed by atoms with van der Waals surface area (Å²) in [5.74, 6) is -0.209. The molecule has 0 aliphatic carbocycles. The lowest BCUT2D eigenvalue weighted by atomic mass is 10.2. The highest BCUT2D eigenvalue weighted by Gasteiger charge is 2.18. The molecule has 0 bridgehead atoms. The molecule has 1 aliphatic rings. The van der Waals surface area contributed by atoms with Crippen LogP contribution in [0.4, 0.5) is 15.2 Å². The van der Waals surface area contributed by atoms with Gasteiger partial charge in [-0.05, 0) is 36.2 Å². The van der Waals surface area contributed by atoms with Crippen LogP contribution in [0.3, 0.4) is 0 Å². The largest absolute Gasteiger partial charge is 0.370 e. The Morgan fingerprint density at radius 1 is 0.846 bits per heavy atom. The van der Waals surface area contributed by atoms with Crippen LogP contribution in [-0.2, 0) is 6.42 Å². The van der Waals surface area contributed by atoms with E-state index >= 15 is 0 Å². The van der Waals surface area contributed by atoms with Gasteiger partial charge in [0.25, 0.3) is 0 Å². The van der Waals surface area contributed by atoms with Gasteiger partial charge in [0.2, 0.25) is 5.13 Å². The van der Waals surface area contributed by atoms with Gasteiger partial charge in [-0.3, -0.25) is 0 Å². The maximum atomic E-state index is 13.0. The molecule has 2 heterocycles. The number of para-hydroxylation sites is 1. The normalized spacial score (nSPS) is 15.1. The SMILES string of the molecule is Fc1ccc(Cc2nnc(N3CCCN(c4ccccc4)CC3)s2)cc1. The molecule has 0 radical (unpaired) electrons. The van der Waals surface area contributed by atoms with Crippen LogP contribution in [0.2, 0.25) is 0 Å². The van der Waals surface area contributed by atoms with Gasteiger partial charge >= 0.3 is 0 Å². The van der Waals surface area contributed by atoms with Crippen molar-refractivity contribution in [1.82, 2.24) is 10.2 Å². The molecule has 0 atom stereocenters. The lowest BCUT2D eigenvalue weighted by Crippen LogP contribution is -2.30. The smallest absolute Gasteiger partial charge is 0.208 e. The molecule has 4 rings (SSSR count). The highest BCUT2D eigenvalue weighted by Crippen LogP contribution is 2.24. The van der Waals surface area contributed by atoms with E-state index in [2.05, 4.69) is 50.3 Å². The van der Waals surface area contributed by atoms with Crippen LogP contribution < -0.4 is 9.80 Å². The summed E-state index contributed by atoms with van der Waals surface area (Å²) in [6.07, 6.45) is 1.80. The second kappa shape index (κ2) is 7.83. The molecule has 4 nitrogen and oxygen atoms in total. The second-order valence-corrected chi connectivity index (χ2v) is 7.49. The molecule has 1 fully saturated rings. The number of nitrogens with zero attached hydrogens (tertiary/aromatic N) is 4. The summed E-state index contributed by atoms with van der Waals surface area (Å²) in [7, 11) is 0. The number of benzene rings is 2. The lowest BCUT2D eigenvalue weighted by molar-refractivity contribution is 0.627. The first-order valence-electron chi connectivity index (χ1n) is 8.90. The van der Waals surface area contributed by atoms with E-state index in [-0.39, 0.29) is 5.82 Å². The number of hydrogen-bond donors (Lipinski definition) is 0. The van der Waals surface area contributed by atoms with Crippen molar-refractivity contribution in [3.63, 3.8) is 0 Å². The Hall–Kier alpha value is -2.47.